The third-order valence-electron chi connectivity index (χ3n) is 4.07. The molecule has 5 nitrogen and oxygen atoms in total. The highest BCUT2D eigenvalue weighted by Crippen LogP contribution is 2.38. The van der Waals surface area contributed by atoms with Gasteiger partial charge in [-0.1, -0.05) is 29.8 Å². The number of carbonyl (C=O) groups excluding carboxylic acids is 2. The minimum absolute atomic E-state index is 0.0110. The maximum atomic E-state index is 12.7. The van der Waals surface area contributed by atoms with Crippen LogP contribution in [0.15, 0.2) is 34.4 Å². The van der Waals surface area contributed by atoms with Gasteiger partial charge >= 0.3 is 0 Å². The van der Waals surface area contributed by atoms with Crippen LogP contribution in [0.2, 0.25) is 0 Å². The van der Waals surface area contributed by atoms with Gasteiger partial charge in [-0.2, -0.15) is 5.10 Å². The van der Waals surface area contributed by atoms with E-state index in [1.54, 1.807) is 6.21 Å². The lowest BCUT2D eigenvalue weighted by molar-refractivity contribution is 0.0955. The number of rotatable bonds is 5. The molecule has 6 heteroatoms. The number of hydrogen-bond donors (Lipinski definition) is 1. The second-order valence-electron chi connectivity index (χ2n) is 5.73. The number of ketones is 1. The first kappa shape index (κ1) is 16.3. The first-order chi connectivity index (χ1) is 11.6. The summed E-state index contributed by atoms with van der Waals surface area (Å²) in [7, 11) is 0. The Labute approximate surface area is 143 Å². The number of hydrazone groups is 1. The molecule has 122 valence electrons. The number of Topliss-reactive ketones (excluding diaryl/α,β-unsaturated/α-hetero) is 1. The maximum Gasteiger partial charge on any atom is 0.183 e. The normalized spacial score (nSPS) is 16.5. The zero-order valence-corrected chi connectivity index (χ0v) is 14.0. The van der Waals surface area contributed by atoms with Crippen molar-refractivity contribution in [1.29, 1.82) is 0 Å². The van der Waals surface area contributed by atoms with E-state index in [9.17, 15) is 9.59 Å². The van der Waals surface area contributed by atoms with Crippen LogP contribution in [0.1, 0.15) is 42.5 Å². The molecule has 1 aromatic carbocycles. The van der Waals surface area contributed by atoms with Crippen LogP contribution in [0.3, 0.4) is 0 Å². The van der Waals surface area contributed by atoms with E-state index in [-0.39, 0.29) is 11.7 Å². The Bertz CT molecular complexity index is 835. The Morgan fingerprint density at radius 2 is 2.08 bits per heavy atom. The third kappa shape index (κ3) is 3.05. The highest BCUT2D eigenvalue weighted by atomic mass is 32.1. The predicted molar refractivity (Wildman–Crippen MR) is 97.0 cm³/mol. The molecule has 1 unspecified atom stereocenters. The molecule has 2 N–H and O–H groups in total. The van der Waals surface area contributed by atoms with Crippen LogP contribution in [0.5, 0.6) is 0 Å². The molecule has 2 aromatic rings. The van der Waals surface area contributed by atoms with Crippen molar-refractivity contribution in [2.75, 3.05) is 0 Å². The molecule has 1 aliphatic rings. The number of nitrogens with two attached hydrogens (primary N) is 1. The average molecular weight is 339 g/mol. The van der Waals surface area contributed by atoms with Crippen LogP contribution in [-0.2, 0) is 6.42 Å². The Kier molecular flexibility index (Phi) is 4.66. The van der Waals surface area contributed by atoms with Crippen molar-refractivity contribution in [3.8, 4) is 0 Å². The van der Waals surface area contributed by atoms with Crippen LogP contribution >= 0.6 is 11.3 Å². The molecular formula is C18H17N3O2S. The Balaban J connectivity index is 1.80. The molecule has 1 aromatic heterocycles. The maximum absolute atomic E-state index is 12.7. The third-order valence-corrected chi connectivity index (χ3v) is 5.21. The molecule has 0 amide bonds. The molecule has 0 fully saturated rings. The number of nitrogens with zero attached hydrogens (tertiary/aromatic N) is 2. The highest BCUT2D eigenvalue weighted by Gasteiger charge is 2.30. The summed E-state index contributed by atoms with van der Waals surface area (Å²) in [5.41, 5.74) is 3.24. The average Bonchev–Trinajstić information content (AvgIpc) is 2.94. The fourth-order valence-electron chi connectivity index (χ4n) is 2.71. The van der Waals surface area contributed by atoms with E-state index in [0.717, 1.165) is 6.42 Å². The van der Waals surface area contributed by atoms with Gasteiger partial charge in [-0.05, 0) is 25.3 Å². The second-order valence-corrected chi connectivity index (χ2v) is 6.78. The molecule has 2 heterocycles. The van der Waals surface area contributed by atoms with Crippen LogP contribution in [0, 0.1) is 12.8 Å². The van der Waals surface area contributed by atoms with Gasteiger partial charge in [0.2, 0.25) is 0 Å². The summed E-state index contributed by atoms with van der Waals surface area (Å²) in [4.78, 5) is 29.4. The topological polar surface area (TPSA) is 84.9 Å². The number of carbonyl (C=O) groups is 2. The smallest absolute Gasteiger partial charge is 0.183 e. The number of aldehydes is 1. The van der Waals surface area contributed by atoms with E-state index < -0.39 is 0 Å². The number of aliphatic imine (C=N–C) groups is 1. The van der Waals surface area contributed by atoms with Crippen molar-refractivity contribution in [3.63, 3.8) is 0 Å². The Hall–Kier alpha value is -2.60. The molecule has 1 aliphatic heterocycles. The fourth-order valence-corrected chi connectivity index (χ4v) is 3.81. The predicted octanol–water partition coefficient (Wildman–Crippen LogP) is 3.31. The number of aryl methyl sites for hydroxylation is 2. The number of hydrogen-bond acceptors (Lipinski definition) is 6. The largest absolute Gasteiger partial charge is 0.323 e. The van der Waals surface area contributed by atoms with Crippen molar-refractivity contribution in [2.24, 2.45) is 21.9 Å². The first-order valence-electron chi connectivity index (χ1n) is 7.63. The van der Waals surface area contributed by atoms with E-state index >= 15 is 0 Å². The molecule has 0 aliphatic carbocycles. The van der Waals surface area contributed by atoms with E-state index in [4.69, 9.17) is 5.84 Å². The van der Waals surface area contributed by atoms with Gasteiger partial charge in [-0.15, -0.1) is 11.3 Å². The summed E-state index contributed by atoms with van der Waals surface area (Å²) in [6.45, 7) is 2.05. The minimum Gasteiger partial charge on any atom is -0.323 e. The number of fused-ring (bicyclic) bond motifs is 1. The SMILES string of the molecule is Cc1ccc(CCC2C=Nc3c(sc(/C=N\N)c3C=O)C2=O)cc1. The highest BCUT2D eigenvalue weighted by molar-refractivity contribution is 7.16. The monoisotopic (exact) mass is 339 g/mol. The van der Waals surface area contributed by atoms with Gasteiger partial charge in [0.25, 0.3) is 0 Å². The molecule has 0 spiro atoms. The van der Waals surface area contributed by atoms with Gasteiger partial charge in [0.1, 0.15) is 0 Å². The lowest BCUT2D eigenvalue weighted by Gasteiger charge is -2.15. The van der Waals surface area contributed by atoms with Crippen molar-refractivity contribution in [1.82, 2.24) is 0 Å². The first-order valence-corrected chi connectivity index (χ1v) is 8.45. The summed E-state index contributed by atoms with van der Waals surface area (Å²) in [5.74, 6) is 4.91. The molecule has 3 rings (SSSR count). The number of benzene rings is 1. The molecule has 0 radical (unpaired) electrons. The lowest BCUT2D eigenvalue weighted by Crippen LogP contribution is -2.19. The van der Waals surface area contributed by atoms with Crippen molar-refractivity contribution < 1.29 is 9.59 Å². The summed E-state index contributed by atoms with van der Waals surface area (Å²) in [5, 5.41) is 3.45. The van der Waals surface area contributed by atoms with Crippen LogP contribution in [-0.4, -0.2) is 24.5 Å². The van der Waals surface area contributed by atoms with E-state index in [0.29, 0.717) is 33.7 Å². The van der Waals surface area contributed by atoms with E-state index in [1.165, 1.54) is 28.7 Å². The molecule has 0 saturated heterocycles. The fraction of sp³-hybridized carbons (Fsp3) is 0.222. The summed E-state index contributed by atoms with van der Waals surface area (Å²) in [6, 6.07) is 8.30. The summed E-state index contributed by atoms with van der Waals surface area (Å²) >= 11 is 1.22. The van der Waals surface area contributed by atoms with Crippen LogP contribution in [0.25, 0.3) is 0 Å². The van der Waals surface area contributed by atoms with Gasteiger partial charge < -0.3 is 5.84 Å². The lowest BCUT2D eigenvalue weighted by atomic mass is 9.93. The standard InChI is InChI=1S/C18H17N3O2S/c1-11-2-4-12(5-3-11)6-7-13-8-20-16-14(10-22)15(9-21-19)24-18(16)17(13)23/h2-5,8-10,13H,6-7,19H2,1H3/b21-9-. The number of thiophene rings is 1. The zero-order chi connectivity index (χ0) is 17.1. The van der Waals surface area contributed by atoms with Gasteiger partial charge in [-0.25, -0.2) is 0 Å². The van der Waals surface area contributed by atoms with Gasteiger partial charge in [0.15, 0.2) is 12.1 Å². The zero-order valence-electron chi connectivity index (χ0n) is 13.2. The molecular weight excluding hydrogens is 322 g/mol. The quantitative estimate of drug-likeness (QED) is 0.392. The minimum atomic E-state index is -0.264. The van der Waals surface area contributed by atoms with Crippen molar-refractivity contribution in [3.05, 3.63) is 50.7 Å². The Morgan fingerprint density at radius 1 is 1.33 bits per heavy atom. The van der Waals surface area contributed by atoms with E-state index in [2.05, 4.69) is 34.4 Å². The van der Waals surface area contributed by atoms with Gasteiger partial charge in [-0.3, -0.25) is 14.6 Å². The summed E-state index contributed by atoms with van der Waals surface area (Å²) < 4.78 is 0. The van der Waals surface area contributed by atoms with Gasteiger partial charge in [0.05, 0.1) is 33.1 Å². The van der Waals surface area contributed by atoms with Crippen molar-refractivity contribution >= 4 is 41.5 Å². The van der Waals surface area contributed by atoms with Gasteiger partial charge in [0, 0.05) is 6.21 Å². The Morgan fingerprint density at radius 3 is 2.75 bits per heavy atom. The van der Waals surface area contributed by atoms with Crippen molar-refractivity contribution in [2.45, 2.75) is 19.8 Å². The summed E-state index contributed by atoms with van der Waals surface area (Å²) in [6.07, 6.45) is 5.24. The molecule has 24 heavy (non-hydrogen) atoms. The second kappa shape index (κ2) is 6.88. The van der Waals surface area contributed by atoms with E-state index in [1.807, 2.05) is 6.92 Å². The van der Waals surface area contributed by atoms with Crippen LogP contribution in [0.4, 0.5) is 5.69 Å². The molecule has 0 bridgehead atoms. The molecule has 0 saturated carbocycles. The van der Waals surface area contributed by atoms with Crippen LogP contribution < -0.4 is 5.84 Å². The molecule has 1 atom stereocenters.